The Labute approximate surface area is 304 Å². The first kappa shape index (κ1) is 29.5. The van der Waals surface area contributed by atoms with Crippen molar-refractivity contribution >= 4 is 56.0 Å². The molecule has 248 valence electrons. The molecule has 0 saturated heterocycles. The number of ether oxygens (including phenoxy) is 1. The van der Waals surface area contributed by atoms with Gasteiger partial charge >= 0.3 is 0 Å². The molecule has 0 aliphatic carbocycles. The van der Waals surface area contributed by atoms with Crippen LogP contribution in [0.2, 0.25) is 0 Å². The molecule has 4 aromatic heterocycles. The summed E-state index contributed by atoms with van der Waals surface area (Å²) < 4.78 is 15.7. The molecule has 0 unspecified atom stereocenters. The van der Waals surface area contributed by atoms with E-state index in [1.807, 2.05) is 60.9 Å². The summed E-state index contributed by atoms with van der Waals surface area (Å²) in [7, 11) is 0. The summed E-state index contributed by atoms with van der Waals surface area (Å²) in [5.41, 5.74) is 13.2. The monoisotopic (exact) mass is 679 g/mol. The third-order valence-corrected chi connectivity index (χ3v) is 10.4. The molecule has 0 bridgehead atoms. The Morgan fingerprint density at radius 1 is 0.434 bits per heavy atom. The van der Waals surface area contributed by atoms with Gasteiger partial charge in [0.15, 0.2) is 0 Å². The van der Waals surface area contributed by atoms with Gasteiger partial charge in [0.2, 0.25) is 0 Å². The topological polar surface area (TPSA) is 53.1 Å². The predicted octanol–water partition coefficient (Wildman–Crippen LogP) is 12.8. The van der Waals surface area contributed by atoms with Crippen LogP contribution in [-0.4, -0.2) is 14.5 Å². The van der Waals surface area contributed by atoms with E-state index in [1.54, 1.807) is 0 Å². The van der Waals surface area contributed by atoms with Crippen molar-refractivity contribution in [3.8, 4) is 50.7 Å². The van der Waals surface area contributed by atoms with Crippen molar-refractivity contribution in [2.45, 2.75) is 0 Å². The molecule has 0 fully saturated rings. The fraction of sp³-hybridized carbons (Fsp3) is 0. The van der Waals surface area contributed by atoms with Gasteiger partial charge in [-0.2, -0.15) is 0 Å². The Kier molecular flexibility index (Phi) is 6.48. The Balaban J connectivity index is 1.16. The van der Waals surface area contributed by atoms with Crippen LogP contribution in [0.5, 0.6) is 11.5 Å². The van der Waals surface area contributed by atoms with Crippen molar-refractivity contribution in [1.29, 1.82) is 0 Å². The molecule has 0 amide bonds. The minimum atomic E-state index is 0.765. The molecule has 6 aromatic carbocycles. The molecule has 0 saturated carbocycles. The SMILES string of the molecule is C1=Cc2ccc(-c3ccc4c(c3)c3ncccc3n4-c3ccccn3)cc2-c2cc3oc4ccccc4c3cc2Oc2ccccc2-c2ccccc21. The first-order valence-electron chi connectivity index (χ1n) is 17.7. The number of aromatic nitrogens is 3. The van der Waals surface area contributed by atoms with Crippen molar-refractivity contribution in [2.75, 3.05) is 0 Å². The Hall–Kier alpha value is -7.24. The summed E-state index contributed by atoms with van der Waals surface area (Å²) in [6.07, 6.45) is 8.11. The van der Waals surface area contributed by atoms with Crippen LogP contribution in [0.3, 0.4) is 0 Å². The van der Waals surface area contributed by atoms with Gasteiger partial charge in [-0.3, -0.25) is 9.55 Å². The first-order valence-corrected chi connectivity index (χ1v) is 17.7. The second kappa shape index (κ2) is 11.7. The minimum absolute atomic E-state index is 0.765. The number of para-hydroxylation sites is 2. The number of furan rings is 1. The molecular weight excluding hydrogens is 651 g/mol. The van der Waals surface area contributed by atoms with Crippen molar-refractivity contribution in [3.63, 3.8) is 0 Å². The van der Waals surface area contributed by atoms with Crippen molar-refractivity contribution in [1.82, 2.24) is 14.5 Å². The van der Waals surface area contributed by atoms with E-state index < -0.39 is 0 Å². The van der Waals surface area contributed by atoms with Gasteiger partial charge in [-0.15, -0.1) is 0 Å². The minimum Gasteiger partial charge on any atom is -0.456 e. The highest BCUT2D eigenvalue weighted by atomic mass is 16.5. The number of hydrogen-bond acceptors (Lipinski definition) is 4. The Morgan fingerprint density at radius 2 is 1.21 bits per heavy atom. The van der Waals surface area contributed by atoms with E-state index in [0.717, 1.165) is 106 Å². The maximum absolute atomic E-state index is 7.02. The summed E-state index contributed by atoms with van der Waals surface area (Å²) in [6, 6.07) is 52.6. The summed E-state index contributed by atoms with van der Waals surface area (Å²) in [6.45, 7) is 0. The number of rotatable bonds is 2. The van der Waals surface area contributed by atoms with E-state index in [0.29, 0.717) is 0 Å². The summed E-state index contributed by atoms with van der Waals surface area (Å²) in [5.74, 6) is 2.42. The fourth-order valence-electron chi connectivity index (χ4n) is 7.87. The van der Waals surface area contributed by atoms with Crippen LogP contribution in [0.4, 0.5) is 0 Å². The maximum atomic E-state index is 7.02. The third kappa shape index (κ3) is 4.71. The number of nitrogens with zero attached hydrogens (tertiary/aromatic N) is 3. The van der Waals surface area contributed by atoms with E-state index in [9.17, 15) is 0 Å². The van der Waals surface area contributed by atoms with Crippen LogP contribution in [0.15, 0.2) is 168 Å². The zero-order chi connectivity index (χ0) is 34.9. The lowest BCUT2D eigenvalue weighted by atomic mass is 9.92. The number of pyridine rings is 2. The van der Waals surface area contributed by atoms with Crippen LogP contribution in [0, 0.1) is 0 Å². The molecule has 0 atom stereocenters. The lowest BCUT2D eigenvalue weighted by Gasteiger charge is -2.17. The van der Waals surface area contributed by atoms with E-state index in [1.165, 1.54) is 0 Å². The van der Waals surface area contributed by atoms with Crippen molar-refractivity contribution < 1.29 is 9.15 Å². The lowest BCUT2D eigenvalue weighted by Crippen LogP contribution is -1.96. The summed E-state index contributed by atoms with van der Waals surface area (Å²) in [5, 5.41) is 3.14. The molecule has 5 heterocycles. The maximum Gasteiger partial charge on any atom is 0.137 e. The molecule has 0 spiro atoms. The van der Waals surface area contributed by atoms with E-state index in [-0.39, 0.29) is 0 Å². The van der Waals surface area contributed by atoms with Crippen molar-refractivity contribution in [3.05, 3.63) is 175 Å². The second-order valence-electron chi connectivity index (χ2n) is 13.4. The average Bonchev–Trinajstić information content (AvgIpc) is 3.74. The molecular formula is C48H29N3O2. The van der Waals surface area contributed by atoms with Gasteiger partial charge in [-0.05, 0) is 100 Å². The largest absolute Gasteiger partial charge is 0.456 e. The highest BCUT2D eigenvalue weighted by Crippen LogP contribution is 2.46. The first-order chi connectivity index (χ1) is 26.3. The van der Waals surface area contributed by atoms with E-state index in [2.05, 4.69) is 125 Å². The van der Waals surface area contributed by atoms with Crippen molar-refractivity contribution in [2.24, 2.45) is 0 Å². The van der Waals surface area contributed by atoms with Gasteiger partial charge < -0.3 is 9.15 Å². The van der Waals surface area contributed by atoms with Crippen LogP contribution in [-0.2, 0) is 0 Å². The summed E-state index contributed by atoms with van der Waals surface area (Å²) in [4.78, 5) is 9.52. The van der Waals surface area contributed by atoms with Gasteiger partial charge in [0.25, 0.3) is 0 Å². The average molecular weight is 680 g/mol. The highest BCUT2D eigenvalue weighted by molar-refractivity contribution is 6.09. The van der Waals surface area contributed by atoms with Gasteiger partial charge in [0.1, 0.15) is 28.5 Å². The number of benzene rings is 6. The summed E-state index contributed by atoms with van der Waals surface area (Å²) >= 11 is 0. The van der Waals surface area contributed by atoms with Crippen LogP contribution in [0.1, 0.15) is 11.1 Å². The fourth-order valence-corrected chi connectivity index (χ4v) is 7.87. The molecule has 0 N–H and O–H groups in total. The zero-order valence-electron chi connectivity index (χ0n) is 28.4. The lowest BCUT2D eigenvalue weighted by molar-refractivity contribution is 0.487. The molecule has 5 nitrogen and oxygen atoms in total. The normalized spacial score (nSPS) is 12.2. The van der Waals surface area contributed by atoms with Crippen LogP contribution in [0.25, 0.3) is 95.2 Å². The molecule has 10 aromatic rings. The zero-order valence-corrected chi connectivity index (χ0v) is 28.4. The Bertz CT molecular complexity index is 3100. The molecule has 11 rings (SSSR count). The molecule has 5 heteroatoms. The standard InChI is InChI=1S/C48H29N3O2/c1-2-11-34-30(10-1)18-19-31-20-21-32(33-22-23-41-40(27-33)48-42(14-9-25-50-48)51(41)47-17-7-8-24-49-47)26-37(31)39-29-45-38(36-13-4-6-16-44(36)53-45)28-46(39)52-43-15-5-3-12-35(34)43/h1-29H. The van der Waals surface area contributed by atoms with Crippen LogP contribution >= 0.6 is 0 Å². The van der Waals surface area contributed by atoms with Gasteiger partial charge in [-0.1, -0.05) is 97.1 Å². The van der Waals surface area contributed by atoms with E-state index >= 15 is 0 Å². The predicted molar refractivity (Wildman–Crippen MR) is 215 cm³/mol. The molecule has 0 radical (unpaired) electrons. The molecule has 1 aliphatic rings. The third-order valence-electron chi connectivity index (χ3n) is 10.4. The van der Waals surface area contributed by atoms with E-state index in [4.69, 9.17) is 14.1 Å². The van der Waals surface area contributed by atoms with Gasteiger partial charge in [0, 0.05) is 39.7 Å². The molecule has 1 aliphatic heterocycles. The number of fused-ring (bicyclic) bond motifs is 12. The van der Waals surface area contributed by atoms with Gasteiger partial charge in [-0.25, -0.2) is 4.98 Å². The highest BCUT2D eigenvalue weighted by Gasteiger charge is 2.21. The molecule has 53 heavy (non-hydrogen) atoms. The van der Waals surface area contributed by atoms with Crippen LogP contribution < -0.4 is 4.74 Å². The smallest absolute Gasteiger partial charge is 0.137 e. The second-order valence-corrected chi connectivity index (χ2v) is 13.4. The van der Waals surface area contributed by atoms with Gasteiger partial charge in [0.05, 0.1) is 16.6 Å². The number of hydrogen-bond donors (Lipinski definition) is 0. The Morgan fingerprint density at radius 3 is 2.13 bits per heavy atom. The quantitative estimate of drug-likeness (QED) is 0.182.